The Bertz CT molecular complexity index is 930. The van der Waals surface area contributed by atoms with Crippen molar-refractivity contribution in [3.63, 3.8) is 0 Å². The van der Waals surface area contributed by atoms with Gasteiger partial charge in [-0.3, -0.25) is 4.98 Å². The quantitative estimate of drug-likeness (QED) is 0.573. The number of carbonyl (C=O) groups excluding carboxylic acids is 1. The Morgan fingerprint density at radius 2 is 2.07 bits per heavy atom. The van der Waals surface area contributed by atoms with Crippen LogP contribution in [0.3, 0.4) is 0 Å². The van der Waals surface area contributed by atoms with E-state index < -0.39 is 0 Å². The summed E-state index contributed by atoms with van der Waals surface area (Å²) in [5.41, 5.74) is 3.54. The lowest BCUT2D eigenvalue weighted by molar-refractivity contribution is 0.0527. The van der Waals surface area contributed by atoms with Crippen LogP contribution >= 0.6 is 0 Å². The Morgan fingerprint density at radius 1 is 1.26 bits per heavy atom. The molecule has 3 aromatic rings. The average molecular weight is 366 g/mol. The number of pyridine rings is 1. The van der Waals surface area contributed by atoms with Crippen LogP contribution in [0.15, 0.2) is 42.7 Å². The van der Waals surface area contributed by atoms with Crippen molar-refractivity contribution in [2.45, 2.75) is 34.2 Å². The van der Waals surface area contributed by atoms with Gasteiger partial charge in [-0.05, 0) is 49.6 Å². The fourth-order valence-electron chi connectivity index (χ4n) is 3.15. The summed E-state index contributed by atoms with van der Waals surface area (Å²) in [6.07, 6.45) is 3.60. The number of benzene rings is 1. The van der Waals surface area contributed by atoms with E-state index in [1.807, 2.05) is 50.4 Å². The van der Waals surface area contributed by atoms with Crippen LogP contribution in [0.5, 0.6) is 5.75 Å². The molecule has 3 rings (SSSR count). The minimum absolute atomic E-state index is 0.300. The monoisotopic (exact) mass is 366 g/mol. The van der Waals surface area contributed by atoms with Crippen LogP contribution in [0.2, 0.25) is 0 Å². The van der Waals surface area contributed by atoms with Gasteiger partial charge in [0.15, 0.2) is 0 Å². The predicted octanol–water partition coefficient (Wildman–Crippen LogP) is 4.60. The summed E-state index contributed by atoms with van der Waals surface area (Å²) >= 11 is 0. The molecule has 1 aromatic carbocycles. The summed E-state index contributed by atoms with van der Waals surface area (Å²) in [6, 6.07) is 9.86. The zero-order chi connectivity index (χ0) is 19.4. The molecule has 0 atom stereocenters. The van der Waals surface area contributed by atoms with Gasteiger partial charge in [0.2, 0.25) is 0 Å². The lowest BCUT2D eigenvalue weighted by atomic mass is 10.1. The molecule has 142 valence electrons. The molecule has 0 saturated carbocycles. The second kappa shape index (κ2) is 8.25. The van der Waals surface area contributed by atoms with E-state index in [9.17, 15) is 4.79 Å². The van der Waals surface area contributed by atoms with Crippen molar-refractivity contribution in [3.05, 3.63) is 59.5 Å². The molecule has 2 aromatic heterocycles. The fourth-order valence-corrected chi connectivity index (χ4v) is 3.15. The van der Waals surface area contributed by atoms with Gasteiger partial charge >= 0.3 is 5.97 Å². The van der Waals surface area contributed by atoms with Crippen LogP contribution in [0.1, 0.15) is 42.4 Å². The van der Waals surface area contributed by atoms with Crippen molar-refractivity contribution >= 4 is 16.9 Å². The van der Waals surface area contributed by atoms with Crippen LogP contribution in [0.4, 0.5) is 0 Å². The number of esters is 1. The molecule has 0 amide bonds. The SMILES string of the molecule is CCOC(=O)c1c(C)n(Cc2cccnc2)c2ccc(OCC(C)C)cc12. The van der Waals surface area contributed by atoms with Gasteiger partial charge in [0, 0.05) is 35.5 Å². The topological polar surface area (TPSA) is 53.4 Å². The first kappa shape index (κ1) is 19.0. The van der Waals surface area contributed by atoms with Gasteiger partial charge in [-0.15, -0.1) is 0 Å². The smallest absolute Gasteiger partial charge is 0.340 e. The number of hydrogen-bond acceptors (Lipinski definition) is 4. The van der Waals surface area contributed by atoms with Crippen LogP contribution in [-0.2, 0) is 11.3 Å². The van der Waals surface area contributed by atoms with E-state index in [1.54, 1.807) is 6.20 Å². The highest BCUT2D eigenvalue weighted by Gasteiger charge is 2.21. The molecular formula is C22H26N2O3. The molecule has 0 radical (unpaired) electrons. The summed E-state index contributed by atoms with van der Waals surface area (Å²) in [5, 5.41) is 0.857. The van der Waals surface area contributed by atoms with E-state index in [4.69, 9.17) is 9.47 Å². The molecule has 0 unspecified atom stereocenters. The Kier molecular flexibility index (Phi) is 5.79. The summed E-state index contributed by atoms with van der Waals surface area (Å²) in [4.78, 5) is 16.8. The Labute approximate surface area is 159 Å². The molecule has 0 aliphatic rings. The van der Waals surface area contributed by atoms with Crippen molar-refractivity contribution in [2.75, 3.05) is 13.2 Å². The molecule has 0 aliphatic carbocycles. The highest BCUT2D eigenvalue weighted by Crippen LogP contribution is 2.31. The maximum absolute atomic E-state index is 12.6. The van der Waals surface area contributed by atoms with Crippen molar-refractivity contribution in [1.82, 2.24) is 9.55 Å². The number of fused-ring (bicyclic) bond motifs is 1. The van der Waals surface area contributed by atoms with Crippen molar-refractivity contribution in [2.24, 2.45) is 5.92 Å². The summed E-state index contributed by atoms with van der Waals surface area (Å²) in [6.45, 7) is 9.61. The lowest BCUT2D eigenvalue weighted by Gasteiger charge is -2.10. The maximum atomic E-state index is 12.6. The molecule has 0 fully saturated rings. The highest BCUT2D eigenvalue weighted by atomic mass is 16.5. The van der Waals surface area contributed by atoms with Gasteiger partial charge in [0.25, 0.3) is 0 Å². The molecular weight excluding hydrogens is 340 g/mol. The molecule has 0 aliphatic heterocycles. The number of rotatable bonds is 7. The second-order valence-corrected chi connectivity index (χ2v) is 7.01. The van der Waals surface area contributed by atoms with E-state index >= 15 is 0 Å². The van der Waals surface area contributed by atoms with Crippen LogP contribution in [0.25, 0.3) is 10.9 Å². The predicted molar refractivity (Wildman–Crippen MR) is 106 cm³/mol. The van der Waals surface area contributed by atoms with E-state index in [1.165, 1.54) is 0 Å². The van der Waals surface area contributed by atoms with Gasteiger partial charge in [-0.2, -0.15) is 0 Å². The third kappa shape index (κ3) is 4.13. The zero-order valence-corrected chi connectivity index (χ0v) is 16.4. The van der Waals surface area contributed by atoms with Gasteiger partial charge in [-0.25, -0.2) is 4.79 Å². The molecule has 0 saturated heterocycles. The van der Waals surface area contributed by atoms with E-state index in [0.29, 0.717) is 31.2 Å². The van der Waals surface area contributed by atoms with Gasteiger partial charge in [0.05, 0.1) is 18.8 Å². The van der Waals surface area contributed by atoms with Crippen molar-refractivity contribution < 1.29 is 14.3 Å². The summed E-state index contributed by atoms with van der Waals surface area (Å²) in [5.74, 6) is 0.897. The minimum atomic E-state index is -0.300. The normalized spacial score (nSPS) is 11.1. The number of ether oxygens (including phenoxy) is 2. The molecule has 0 bridgehead atoms. The number of carbonyl (C=O) groups is 1. The van der Waals surface area contributed by atoms with E-state index in [-0.39, 0.29) is 5.97 Å². The van der Waals surface area contributed by atoms with Crippen LogP contribution in [0, 0.1) is 12.8 Å². The number of nitrogens with zero attached hydrogens (tertiary/aromatic N) is 2. The Hall–Kier alpha value is -2.82. The maximum Gasteiger partial charge on any atom is 0.340 e. The number of hydrogen-bond donors (Lipinski definition) is 0. The first-order valence-corrected chi connectivity index (χ1v) is 9.33. The van der Waals surface area contributed by atoms with E-state index in [2.05, 4.69) is 23.4 Å². The van der Waals surface area contributed by atoms with Gasteiger partial charge in [-0.1, -0.05) is 19.9 Å². The minimum Gasteiger partial charge on any atom is -0.493 e. The van der Waals surface area contributed by atoms with Crippen LogP contribution in [-0.4, -0.2) is 28.7 Å². The molecule has 0 N–H and O–H groups in total. The fraction of sp³-hybridized carbons (Fsp3) is 0.364. The zero-order valence-electron chi connectivity index (χ0n) is 16.4. The molecule has 2 heterocycles. The molecule has 5 heteroatoms. The molecule has 27 heavy (non-hydrogen) atoms. The van der Waals surface area contributed by atoms with Crippen molar-refractivity contribution in [1.29, 1.82) is 0 Å². The third-order valence-electron chi connectivity index (χ3n) is 4.42. The lowest BCUT2D eigenvalue weighted by Crippen LogP contribution is -2.08. The molecule has 0 spiro atoms. The first-order valence-electron chi connectivity index (χ1n) is 9.33. The largest absolute Gasteiger partial charge is 0.493 e. The van der Waals surface area contributed by atoms with E-state index in [0.717, 1.165) is 27.9 Å². The Morgan fingerprint density at radius 3 is 2.74 bits per heavy atom. The summed E-state index contributed by atoms with van der Waals surface area (Å²) in [7, 11) is 0. The second-order valence-electron chi connectivity index (χ2n) is 7.01. The highest BCUT2D eigenvalue weighted by molar-refractivity contribution is 6.06. The van der Waals surface area contributed by atoms with Crippen molar-refractivity contribution in [3.8, 4) is 5.75 Å². The average Bonchev–Trinajstić information content (AvgIpc) is 2.92. The first-order chi connectivity index (χ1) is 13.0. The third-order valence-corrected chi connectivity index (χ3v) is 4.42. The summed E-state index contributed by atoms with van der Waals surface area (Å²) < 4.78 is 13.3. The van der Waals surface area contributed by atoms with Gasteiger partial charge in [0.1, 0.15) is 5.75 Å². The standard InChI is InChI=1S/C22H26N2O3/c1-5-26-22(25)21-16(4)24(13-17-7-6-10-23-12-17)20-9-8-18(11-19(20)21)27-14-15(2)3/h6-12,15H,5,13-14H2,1-4H3. The molecule has 5 nitrogen and oxygen atoms in total. The van der Waals surface area contributed by atoms with Crippen LogP contribution < -0.4 is 4.74 Å². The number of aromatic nitrogens is 2. The van der Waals surface area contributed by atoms with Gasteiger partial charge < -0.3 is 14.0 Å². The Balaban J connectivity index is 2.09.